The third-order valence-electron chi connectivity index (χ3n) is 19.4. The van der Waals surface area contributed by atoms with Gasteiger partial charge < -0.3 is 72.2 Å². The summed E-state index contributed by atoms with van der Waals surface area (Å²) in [6, 6.07) is 12.2. The number of rotatable bonds is 27. The number of phosphoric ester groups is 1. The van der Waals surface area contributed by atoms with Crippen molar-refractivity contribution in [1.29, 1.82) is 0 Å². The van der Waals surface area contributed by atoms with Crippen molar-refractivity contribution in [2.24, 2.45) is 10.8 Å². The number of nitrogens with zero attached hydrogens (tertiary/aromatic N) is 6. The van der Waals surface area contributed by atoms with E-state index in [0.717, 1.165) is 15.3 Å². The zero-order valence-corrected chi connectivity index (χ0v) is 73.6. The summed E-state index contributed by atoms with van der Waals surface area (Å²) in [7, 11) is -21.2. The second-order valence-corrected chi connectivity index (χ2v) is 48.3. The molecule has 0 aliphatic carbocycles. The van der Waals surface area contributed by atoms with Crippen LogP contribution in [-0.2, 0) is 82.7 Å². The maximum absolute atomic E-state index is 13.6. The van der Waals surface area contributed by atoms with Gasteiger partial charge in [-0.2, -0.15) is 13.2 Å². The Morgan fingerprint density at radius 3 is 1.42 bits per heavy atom. The first kappa shape index (κ1) is 97.5. The average molecular weight is 1790 g/mol. The Balaban J connectivity index is 0.000000272. The molecule has 4 unspecified atom stereocenters. The van der Waals surface area contributed by atoms with E-state index < -0.39 is 187 Å². The molecular weight excluding hydrogens is 1680 g/mol. The number of aromatic amines is 2. The number of carbonyl (C=O) groups excluding carboxylic acids is 1. The van der Waals surface area contributed by atoms with Crippen LogP contribution in [0.1, 0.15) is 182 Å². The first-order valence-electron chi connectivity index (χ1n) is 36.1. The molecule has 3 fully saturated rings. The first-order valence-corrected chi connectivity index (χ1v) is 47.6. The molecule has 644 valence electrons. The predicted octanol–water partition coefficient (Wildman–Crippen LogP) is 9.52. The summed E-state index contributed by atoms with van der Waals surface area (Å²) in [5.41, 5.74) is -6.16. The summed E-state index contributed by atoms with van der Waals surface area (Å²) >= 11 is 3.31. The standard InChI is InChI=1S/C27H49BrN2O7Si2.C21H30N3O17P3.C21H27N3O8/c1-25(2,3)36-24(33)30-22(31)18(15-28)16-29(23(30)32)21-14-19(37-39(12,13)27(7,8)9)20(35-21)17-34-38(10,11)26(4,5)6;1-21(2,3)18(13-6-4-5-7-14(13)24(28)29)37-10-12-9-23(20(27)22-19(12)26)17-8-15(25)16(39-17)11-38-43(33,34)41-44(35,36)40-42(30,31)32;1-21(2,3)18(13-6-4-5-7-14(13)24(29)30)31-11-12-9-23(20(28)22-19(12)27)17-8-15(26)16(10-25)32-17/h16,19-21H,14-15,17H2,1-13H3;4-7,9,15-18,25H,8,10-11H2,1-3H3,(H,33,34)(H,35,36)(H,22,26,27)(H2,30,31,32);4-7,9,15-18,25-26H,8,10-11H2,1-3H3,(H,22,27,28)/t19-,20-,21-;2*15-,16-,17-,18?/m111/s1. The van der Waals surface area contributed by atoms with Crippen molar-refractivity contribution in [3.05, 3.63) is 178 Å². The Kier molecular flexibility index (Phi) is 32.2. The fourth-order valence-corrected chi connectivity index (χ4v) is 17.3. The molecule has 6 heterocycles. The van der Waals surface area contributed by atoms with Crippen LogP contribution in [0.3, 0.4) is 0 Å². The number of H-pyrrole nitrogens is 2. The van der Waals surface area contributed by atoms with Crippen molar-refractivity contribution in [1.82, 2.24) is 28.2 Å². The van der Waals surface area contributed by atoms with E-state index in [4.69, 9.17) is 47.1 Å². The van der Waals surface area contributed by atoms with Crippen LogP contribution in [0.25, 0.3) is 0 Å². The van der Waals surface area contributed by atoms with Crippen LogP contribution < -0.4 is 33.7 Å². The summed E-state index contributed by atoms with van der Waals surface area (Å²) in [5, 5.41) is 52.8. The van der Waals surface area contributed by atoms with Gasteiger partial charge in [-0.05, 0) is 80.0 Å². The lowest BCUT2D eigenvalue weighted by Crippen LogP contribution is -2.48. The lowest BCUT2D eigenvalue weighted by molar-refractivity contribution is -0.386. The minimum absolute atomic E-state index is 0.0193. The highest BCUT2D eigenvalue weighted by atomic mass is 79.9. The Morgan fingerprint density at radius 2 is 1.02 bits per heavy atom. The number of nitro benzene ring substituents is 2. The first-order chi connectivity index (χ1) is 52.5. The molecule has 40 nitrogen and oxygen atoms in total. The number of aliphatic hydroxyl groups excluding tert-OH is 3. The fraction of sp³-hybridized carbons (Fsp3) is 0.638. The maximum atomic E-state index is 13.6. The second-order valence-electron chi connectivity index (χ2n) is 33.8. The van der Waals surface area contributed by atoms with Crippen LogP contribution in [0.15, 0.2) is 95.9 Å². The third kappa shape index (κ3) is 26.3. The Morgan fingerprint density at radius 1 is 0.600 bits per heavy atom. The number of phosphoric acid groups is 3. The highest BCUT2D eigenvalue weighted by molar-refractivity contribution is 9.08. The van der Waals surface area contributed by atoms with Crippen molar-refractivity contribution in [3.8, 4) is 0 Å². The summed E-state index contributed by atoms with van der Waals surface area (Å²) < 4.78 is 98.0. The maximum Gasteiger partial charge on any atom is 0.490 e. The quantitative estimate of drug-likeness (QED) is 0.00776. The molecule has 2 aromatic carbocycles. The van der Waals surface area contributed by atoms with Gasteiger partial charge in [0.25, 0.3) is 28.1 Å². The summed E-state index contributed by atoms with van der Waals surface area (Å²) in [5.74, 6) is 0. The molecule has 3 aliphatic heterocycles. The smallest absolute Gasteiger partial charge is 0.443 e. The van der Waals surface area contributed by atoms with Crippen LogP contribution in [0.4, 0.5) is 16.2 Å². The number of aliphatic hydroxyl groups is 3. The Labute approximate surface area is 671 Å². The predicted molar refractivity (Wildman–Crippen MR) is 422 cm³/mol. The number of nitro groups is 2. The number of nitrogens with one attached hydrogen (secondary N) is 2. The van der Waals surface area contributed by atoms with Crippen LogP contribution in [0.2, 0.25) is 36.3 Å². The molecule has 46 heteroatoms. The van der Waals surface area contributed by atoms with Crippen LogP contribution >= 0.6 is 39.4 Å². The van der Waals surface area contributed by atoms with Gasteiger partial charge in [-0.3, -0.25) is 62.8 Å². The van der Waals surface area contributed by atoms with Gasteiger partial charge in [-0.1, -0.05) is 123 Å². The van der Waals surface area contributed by atoms with Crippen molar-refractivity contribution in [2.75, 3.05) is 19.8 Å². The minimum Gasteiger partial charge on any atom is -0.443 e. The molecule has 3 saturated heterocycles. The van der Waals surface area contributed by atoms with Gasteiger partial charge in [-0.15, -0.1) is 0 Å². The van der Waals surface area contributed by atoms with Crippen molar-refractivity contribution in [3.63, 3.8) is 0 Å². The van der Waals surface area contributed by atoms with Crippen molar-refractivity contribution < 1.29 is 114 Å². The summed E-state index contributed by atoms with van der Waals surface area (Å²) in [6.07, 6.45) is -6.90. The SMILES string of the molecule is CC(C)(C)C(OCc1cn([C@H]2C[C@@H](O)[C@@H](CO)O2)c(=O)[nH]c1=O)c1ccccc1[N+](=O)[O-].CC(C)(C)C(OCc1cn([C@H]2C[C@@H](O)[C@@H](COP(=O)(O)OP(=O)(O)OP(=O)(O)O)O2)c(=O)[nH]c1=O)c1ccccc1[N+](=O)[O-].CC(C)(C)OC(=O)n1c(=O)c(CBr)cn([C@H]2C[C@@H](O[Si](C)(C)C(C)(C)C)[C@@H](CO[Si](C)(C)C(C)(C)C)O2)c1=O. The number of halogens is 1. The molecule has 3 aromatic heterocycles. The van der Waals surface area contributed by atoms with Gasteiger partial charge in [0, 0.05) is 60.9 Å². The number of alkyl halides is 1. The number of aromatic nitrogens is 6. The monoisotopic (exact) mass is 1790 g/mol. The van der Waals surface area contributed by atoms with Gasteiger partial charge in [-0.25, -0.2) is 32.9 Å². The molecule has 13 atom stereocenters. The normalized spacial score (nSPS) is 22.1. The highest BCUT2D eigenvalue weighted by Gasteiger charge is 2.49. The van der Waals surface area contributed by atoms with Crippen LogP contribution in [0.5, 0.6) is 0 Å². The lowest BCUT2D eigenvalue weighted by atomic mass is 9.84. The van der Waals surface area contributed by atoms with E-state index in [1.165, 1.54) is 41.2 Å². The van der Waals surface area contributed by atoms with E-state index >= 15 is 0 Å². The van der Waals surface area contributed by atoms with E-state index in [-0.39, 0.29) is 74.6 Å². The topological polar surface area (TPSA) is 551 Å². The van der Waals surface area contributed by atoms with E-state index in [2.05, 4.69) is 107 Å². The second kappa shape index (κ2) is 38.0. The molecule has 0 saturated carbocycles. The average Bonchev–Trinajstić information content (AvgIpc) is 1.71. The van der Waals surface area contributed by atoms with E-state index in [1.807, 2.05) is 20.8 Å². The van der Waals surface area contributed by atoms with Crippen LogP contribution in [0, 0.1) is 31.1 Å². The molecule has 0 radical (unpaired) electrons. The van der Waals surface area contributed by atoms with Crippen molar-refractivity contribution >= 4 is 73.5 Å². The number of carbonyl (C=O) groups is 1. The van der Waals surface area contributed by atoms with Gasteiger partial charge >= 0.3 is 46.6 Å². The molecule has 0 bridgehead atoms. The fourth-order valence-electron chi connectivity index (χ4n) is 11.6. The highest BCUT2D eigenvalue weighted by Crippen LogP contribution is 2.66. The lowest BCUT2D eigenvalue weighted by Gasteiger charge is -2.40. The molecule has 5 aromatic rings. The Bertz CT molecular complexity index is 4820. The number of para-hydroxylation sites is 2. The summed E-state index contributed by atoms with van der Waals surface area (Å²) in [6.45, 7) is 36.1. The Hall–Kier alpha value is -6.33. The number of hydrogen-bond donors (Lipinski definition) is 9. The van der Waals surface area contributed by atoms with Crippen molar-refractivity contribution in [2.45, 2.75) is 251 Å². The van der Waals surface area contributed by atoms with E-state index in [9.17, 15) is 92.6 Å². The van der Waals surface area contributed by atoms with Gasteiger partial charge in [0.1, 0.15) is 42.6 Å². The zero-order chi connectivity index (χ0) is 87.2. The molecule has 9 N–H and O–H groups in total. The molecule has 115 heavy (non-hydrogen) atoms. The van der Waals surface area contributed by atoms with Gasteiger partial charge in [0.2, 0.25) is 0 Å². The molecular formula is C69H106BrN8O32P3Si2. The molecule has 3 aliphatic rings. The minimum atomic E-state index is -5.77. The molecule has 0 amide bonds. The van der Waals surface area contributed by atoms with E-state index in [1.54, 1.807) is 65.8 Å². The number of hydrogen-bond acceptors (Lipinski definition) is 28. The third-order valence-corrected chi connectivity index (χ3v) is 32.8. The van der Waals surface area contributed by atoms with Crippen LogP contribution in [-0.4, -0.2) is 158 Å². The summed E-state index contributed by atoms with van der Waals surface area (Å²) in [4.78, 5) is 152. The molecule has 0 spiro atoms. The van der Waals surface area contributed by atoms with E-state index in [0.29, 0.717) is 23.2 Å². The molecule has 8 rings (SSSR count). The zero-order valence-electron chi connectivity index (χ0n) is 67.3. The van der Waals surface area contributed by atoms with Gasteiger partial charge in [0.05, 0.1) is 95.7 Å². The number of benzene rings is 2. The largest absolute Gasteiger partial charge is 0.490 e. The number of ether oxygens (including phenoxy) is 6. The van der Waals surface area contributed by atoms with Gasteiger partial charge in [0.15, 0.2) is 16.6 Å².